The predicted octanol–water partition coefficient (Wildman–Crippen LogP) is 6.34. The number of hydrogen-bond acceptors (Lipinski definition) is 6. The SMILES string of the molecule is FC(F)(F)c1cc(C(F)(F)F)n(C=CN2CCC(c3nc(C4NCc5cccc(Br)c5CN4)cs3)CC2)n1. The first-order chi connectivity index (χ1) is 18.0. The lowest BCUT2D eigenvalue weighted by atomic mass is 9.98. The van der Waals surface area contributed by atoms with Crippen molar-refractivity contribution in [3.63, 3.8) is 0 Å². The van der Waals surface area contributed by atoms with E-state index in [0.29, 0.717) is 26.2 Å². The van der Waals surface area contributed by atoms with Gasteiger partial charge in [-0.1, -0.05) is 28.1 Å². The van der Waals surface area contributed by atoms with E-state index in [-0.39, 0.29) is 22.8 Å². The molecule has 1 saturated heterocycles. The molecular formula is C24H23BrF6N6S. The van der Waals surface area contributed by atoms with Gasteiger partial charge in [-0.25, -0.2) is 9.67 Å². The summed E-state index contributed by atoms with van der Waals surface area (Å²) in [4.78, 5) is 6.65. The summed E-state index contributed by atoms with van der Waals surface area (Å²) in [6.45, 7) is 2.48. The van der Waals surface area contributed by atoms with Crippen molar-refractivity contribution in [2.24, 2.45) is 0 Å². The van der Waals surface area contributed by atoms with Gasteiger partial charge in [-0.15, -0.1) is 11.3 Å². The number of halogens is 7. The molecule has 1 aromatic carbocycles. The summed E-state index contributed by atoms with van der Waals surface area (Å²) in [5, 5.41) is 13.1. The highest BCUT2D eigenvalue weighted by Gasteiger charge is 2.41. The minimum absolute atomic E-state index is 0.0200. The van der Waals surface area contributed by atoms with E-state index in [0.717, 1.165) is 34.2 Å². The Morgan fingerprint density at radius 2 is 1.74 bits per heavy atom. The number of aromatic nitrogens is 3. The van der Waals surface area contributed by atoms with Gasteiger partial charge >= 0.3 is 12.4 Å². The van der Waals surface area contributed by atoms with Crippen LogP contribution in [-0.4, -0.2) is 32.8 Å². The molecular weight excluding hydrogens is 598 g/mol. The van der Waals surface area contributed by atoms with E-state index in [9.17, 15) is 26.3 Å². The fourth-order valence-electron chi connectivity index (χ4n) is 4.60. The zero-order valence-electron chi connectivity index (χ0n) is 19.8. The van der Waals surface area contributed by atoms with Gasteiger partial charge in [-0.3, -0.25) is 10.6 Å². The quantitative estimate of drug-likeness (QED) is 0.334. The molecule has 1 unspecified atom stereocenters. The Balaban J connectivity index is 1.20. The maximum Gasteiger partial charge on any atom is 0.435 e. The number of likely N-dealkylation sites (tertiary alicyclic amines) is 1. The number of hydrogen-bond donors (Lipinski definition) is 2. The normalized spacial score (nSPS) is 19.7. The maximum atomic E-state index is 13.2. The molecule has 4 heterocycles. The molecule has 2 aromatic heterocycles. The highest BCUT2D eigenvalue weighted by Crippen LogP contribution is 2.36. The molecule has 0 saturated carbocycles. The highest BCUT2D eigenvalue weighted by molar-refractivity contribution is 9.10. The lowest BCUT2D eigenvalue weighted by Crippen LogP contribution is -2.31. The Morgan fingerprint density at radius 1 is 1.00 bits per heavy atom. The summed E-state index contributed by atoms with van der Waals surface area (Å²) < 4.78 is 79.6. The molecule has 38 heavy (non-hydrogen) atoms. The van der Waals surface area contributed by atoms with Crippen LogP contribution in [-0.2, 0) is 25.4 Å². The van der Waals surface area contributed by atoms with Crippen molar-refractivity contribution in [2.45, 2.75) is 50.4 Å². The Bertz CT molecular complexity index is 1310. The van der Waals surface area contributed by atoms with Crippen molar-refractivity contribution < 1.29 is 26.3 Å². The molecule has 5 rings (SSSR count). The Labute approximate surface area is 226 Å². The predicted molar refractivity (Wildman–Crippen MR) is 134 cm³/mol. The van der Waals surface area contributed by atoms with Crippen molar-refractivity contribution in [1.82, 2.24) is 30.3 Å². The van der Waals surface area contributed by atoms with Crippen LogP contribution in [0.2, 0.25) is 0 Å². The number of fused-ring (bicyclic) bond motifs is 1. The summed E-state index contributed by atoms with van der Waals surface area (Å²) in [5.74, 6) is 0.197. The largest absolute Gasteiger partial charge is 0.435 e. The topological polar surface area (TPSA) is 58.0 Å². The van der Waals surface area contributed by atoms with Crippen LogP contribution < -0.4 is 10.6 Å². The molecule has 0 spiro atoms. The first kappa shape index (κ1) is 27.2. The van der Waals surface area contributed by atoms with Crippen molar-refractivity contribution in [2.75, 3.05) is 13.1 Å². The zero-order valence-corrected chi connectivity index (χ0v) is 22.2. The molecule has 1 atom stereocenters. The van der Waals surface area contributed by atoms with Crippen molar-refractivity contribution >= 4 is 33.5 Å². The highest BCUT2D eigenvalue weighted by atomic mass is 79.9. The first-order valence-corrected chi connectivity index (χ1v) is 13.5. The summed E-state index contributed by atoms with van der Waals surface area (Å²) in [5.41, 5.74) is 0.294. The van der Waals surface area contributed by atoms with Crippen molar-refractivity contribution in [3.8, 4) is 0 Å². The van der Waals surface area contributed by atoms with E-state index in [1.165, 1.54) is 17.3 Å². The second-order valence-corrected chi connectivity index (χ2v) is 10.9. The molecule has 2 N–H and O–H groups in total. The van der Waals surface area contributed by atoms with Gasteiger partial charge in [0.1, 0.15) is 11.9 Å². The molecule has 204 valence electrons. The average Bonchev–Trinajstić information content (AvgIpc) is 3.47. The van der Waals surface area contributed by atoms with Gasteiger partial charge in [0.05, 0.1) is 10.7 Å². The minimum atomic E-state index is -4.97. The van der Waals surface area contributed by atoms with Crippen molar-refractivity contribution in [3.05, 3.63) is 73.5 Å². The number of benzene rings is 1. The summed E-state index contributed by atoms with van der Waals surface area (Å²) >= 11 is 5.19. The van der Waals surface area contributed by atoms with Crippen LogP contribution >= 0.6 is 27.3 Å². The minimum Gasteiger partial charge on any atom is -0.376 e. The molecule has 3 aromatic rings. The van der Waals surface area contributed by atoms with E-state index in [2.05, 4.69) is 37.7 Å². The summed E-state index contributed by atoms with van der Waals surface area (Å²) in [6.07, 6.45) is -6.29. The Hall–Kier alpha value is -2.42. The molecule has 0 radical (unpaired) electrons. The number of alkyl halides is 6. The maximum absolute atomic E-state index is 13.2. The second kappa shape index (κ2) is 10.6. The van der Waals surface area contributed by atoms with E-state index >= 15 is 0 Å². The summed E-state index contributed by atoms with van der Waals surface area (Å²) in [6, 6.07) is 6.15. The van der Waals surface area contributed by atoms with Crippen LogP contribution in [0.1, 0.15) is 58.1 Å². The number of nitrogens with one attached hydrogen (secondary N) is 2. The second-order valence-electron chi connectivity index (χ2n) is 9.15. The van der Waals surface area contributed by atoms with Gasteiger partial charge in [0, 0.05) is 60.4 Å². The van der Waals surface area contributed by atoms with E-state index in [1.807, 2.05) is 17.5 Å². The van der Waals surface area contributed by atoms with E-state index in [1.54, 1.807) is 16.2 Å². The average molecular weight is 621 g/mol. The van der Waals surface area contributed by atoms with E-state index < -0.39 is 23.7 Å². The van der Waals surface area contributed by atoms with Gasteiger partial charge in [-0.05, 0) is 30.0 Å². The summed E-state index contributed by atoms with van der Waals surface area (Å²) in [7, 11) is 0. The number of nitrogens with zero attached hydrogens (tertiary/aromatic N) is 4. The molecule has 0 aliphatic carbocycles. The number of piperidine rings is 1. The lowest BCUT2D eigenvalue weighted by Gasteiger charge is -2.30. The van der Waals surface area contributed by atoms with Crippen LogP contribution in [0.5, 0.6) is 0 Å². The van der Waals surface area contributed by atoms with Gasteiger partial charge in [0.2, 0.25) is 0 Å². The number of rotatable bonds is 4. The van der Waals surface area contributed by atoms with Crippen molar-refractivity contribution in [1.29, 1.82) is 0 Å². The molecule has 0 bridgehead atoms. The monoisotopic (exact) mass is 620 g/mol. The van der Waals surface area contributed by atoms with Gasteiger partial charge in [-0.2, -0.15) is 31.4 Å². The zero-order chi connectivity index (χ0) is 27.1. The van der Waals surface area contributed by atoms with Gasteiger partial charge in [0.15, 0.2) is 5.69 Å². The third kappa shape index (κ3) is 5.92. The molecule has 0 amide bonds. The number of thiazole rings is 1. The fraction of sp³-hybridized carbons (Fsp3) is 0.417. The molecule has 2 aliphatic rings. The van der Waals surface area contributed by atoms with Gasteiger partial charge in [0.25, 0.3) is 0 Å². The molecule has 1 fully saturated rings. The van der Waals surface area contributed by atoms with Crippen LogP contribution in [0.25, 0.3) is 6.20 Å². The van der Waals surface area contributed by atoms with Gasteiger partial charge < -0.3 is 4.90 Å². The molecule has 2 aliphatic heterocycles. The van der Waals surface area contributed by atoms with Crippen LogP contribution in [0, 0.1) is 0 Å². The van der Waals surface area contributed by atoms with E-state index in [4.69, 9.17) is 4.98 Å². The fourth-order valence-corrected chi connectivity index (χ4v) is 6.16. The standard InChI is InChI=1S/C24H23BrF6N6S/c25-17-3-1-2-15-11-32-21(33-12-16(15)17)18-13-38-22(34-18)14-4-6-36(7-5-14)8-9-37-20(24(29,30)31)10-19(35-37)23(26,27)28/h1-3,8-10,13-14,21,32-33H,4-7,11-12H2. The van der Waals surface area contributed by atoms with Crippen LogP contribution in [0.3, 0.4) is 0 Å². The lowest BCUT2D eigenvalue weighted by molar-refractivity contribution is -0.143. The third-order valence-corrected chi connectivity index (χ3v) is 8.41. The van der Waals surface area contributed by atoms with Crippen LogP contribution in [0.15, 0.2) is 40.3 Å². The third-order valence-electron chi connectivity index (χ3n) is 6.65. The first-order valence-electron chi connectivity index (χ1n) is 11.8. The smallest absolute Gasteiger partial charge is 0.376 e. The Kier molecular flexibility index (Phi) is 7.59. The van der Waals surface area contributed by atoms with Crippen LogP contribution in [0.4, 0.5) is 26.3 Å². The molecule has 6 nitrogen and oxygen atoms in total. The molecule has 14 heteroatoms. The Morgan fingerprint density at radius 3 is 2.45 bits per heavy atom.